The van der Waals surface area contributed by atoms with Crippen LogP contribution in [0.1, 0.15) is 6.42 Å². The first kappa shape index (κ1) is 14.4. The van der Waals surface area contributed by atoms with Crippen molar-refractivity contribution in [3.05, 3.63) is 0 Å². The van der Waals surface area contributed by atoms with Crippen molar-refractivity contribution in [2.45, 2.75) is 24.8 Å². The number of hydrogen-bond acceptors (Lipinski definition) is 2. The first-order valence-corrected chi connectivity index (χ1v) is 4.12. The van der Waals surface area contributed by atoms with Crippen LogP contribution in [0.25, 0.3) is 0 Å². The van der Waals surface area contributed by atoms with Gasteiger partial charge in [0.25, 0.3) is 0 Å². The second-order valence-corrected chi connectivity index (χ2v) is 3.15. The van der Waals surface area contributed by atoms with Gasteiger partial charge >= 0.3 is 12.1 Å². The molecule has 2 N–H and O–H groups in total. The van der Waals surface area contributed by atoms with Gasteiger partial charge in [0.05, 0.1) is 0 Å². The Hall–Kier alpha value is -0.560. The van der Waals surface area contributed by atoms with Gasteiger partial charge in [-0.3, -0.25) is 4.79 Å². The summed E-state index contributed by atoms with van der Waals surface area (Å²) in [7, 11) is 0. The molecule has 0 radical (unpaired) electrons. The maximum Gasteiger partial charge on any atom is 0.471 e. The predicted octanol–water partition coefficient (Wildman–Crippen LogP) is 0.787. The Morgan fingerprint density at radius 1 is 1.47 bits per heavy atom. The van der Waals surface area contributed by atoms with Crippen molar-refractivity contribution in [3.8, 4) is 0 Å². The number of carbonyl (C=O) groups is 1. The largest absolute Gasteiger partial charge is 0.471 e. The zero-order valence-corrected chi connectivity index (χ0v) is 8.42. The summed E-state index contributed by atoms with van der Waals surface area (Å²) in [5.41, 5.74) is 0. The second-order valence-electron chi connectivity index (χ2n) is 3.15. The van der Waals surface area contributed by atoms with E-state index in [0.29, 0.717) is 0 Å². The number of hydrogen-bond donors (Lipinski definition) is 2. The Morgan fingerprint density at radius 2 is 2.07 bits per heavy atom. The van der Waals surface area contributed by atoms with Crippen molar-refractivity contribution in [3.63, 3.8) is 0 Å². The molecule has 0 spiro atoms. The highest BCUT2D eigenvalue weighted by atomic mass is 35.5. The number of halogens is 5. The third-order valence-electron chi connectivity index (χ3n) is 1.93. The van der Waals surface area contributed by atoms with E-state index < -0.39 is 24.3 Å². The standard InChI is InChI=1S/C7H10F4N2O.ClH/c8-4-1-5(12-2-4)3-13-6(14)7(9,10)11;/h4-5,12H,1-3H2,(H,13,14);1H/t4-,5-;/m0./s1. The molecule has 90 valence electrons. The van der Waals surface area contributed by atoms with Crippen LogP contribution in [0.4, 0.5) is 17.6 Å². The molecule has 0 unspecified atom stereocenters. The average molecular weight is 251 g/mol. The minimum atomic E-state index is -4.87. The molecular weight excluding hydrogens is 240 g/mol. The van der Waals surface area contributed by atoms with Crippen LogP contribution in [0, 0.1) is 0 Å². The quantitative estimate of drug-likeness (QED) is 0.712. The molecule has 0 aromatic rings. The van der Waals surface area contributed by atoms with E-state index in [0.717, 1.165) is 0 Å². The van der Waals surface area contributed by atoms with Gasteiger partial charge in [0.15, 0.2) is 0 Å². The van der Waals surface area contributed by atoms with Crippen LogP contribution in [0.5, 0.6) is 0 Å². The Bertz CT molecular complexity index is 224. The molecule has 2 atom stereocenters. The van der Waals surface area contributed by atoms with Crippen LogP contribution >= 0.6 is 12.4 Å². The summed E-state index contributed by atoms with van der Waals surface area (Å²) in [6.07, 6.45) is -5.77. The average Bonchev–Trinajstić information content (AvgIpc) is 2.45. The third kappa shape index (κ3) is 4.65. The summed E-state index contributed by atoms with van der Waals surface area (Å²) in [5.74, 6) is -1.98. The fourth-order valence-electron chi connectivity index (χ4n) is 1.24. The molecule has 1 saturated heterocycles. The van der Waals surface area contributed by atoms with Crippen molar-refractivity contribution in [2.24, 2.45) is 0 Å². The Balaban J connectivity index is 0.00000196. The molecule has 1 aliphatic heterocycles. The molecule has 0 aromatic heterocycles. The normalized spacial score (nSPS) is 25.9. The molecule has 1 heterocycles. The highest BCUT2D eigenvalue weighted by Crippen LogP contribution is 2.14. The summed E-state index contributed by atoms with van der Waals surface area (Å²) in [4.78, 5) is 10.3. The number of alkyl halides is 4. The van der Waals surface area contributed by atoms with Crippen LogP contribution in [0.3, 0.4) is 0 Å². The van der Waals surface area contributed by atoms with Crippen molar-refractivity contribution in [1.82, 2.24) is 10.6 Å². The van der Waals surface area contributed by atoms with Gasteiger partial charge in [-0.05, 0) is 6.42 Å². The van der Waals surface area contributed by atoms with Crippen LogP contribution in [0.2, 0.25) is 0 Å². The first-order chi connectivity index (χ1) is 6.39. The van der Waals surface area contributed by atoms with Crippen LogP contribution in [-0.4, -0.2) is 37.4 Å². The highest BCUT2D eigenvalue weighted by Gasteiger charge is 2.39. The fraction of sp³-hybridized carbons (Fsp3) is 0.857. The minimum absolute atomic E-state index is 0. The number of amides is 1. The summed E-state index contributed by atoms with van der Waals surface area (Å²) >= 11 is 0. The van der Waals surface area contributed by atoms with Crippen molar-refractivity contribution in [2.75, 3.05) is 13.1 Å². The van der Waals surface area contributed by atoms with Gasteiger partial charge in [0.1, 0.15) is 6.17 Å². The Kier molecular flexibility index (Phi) is 5.30. The zero-order valence-electron chi connectivity index (χ0n) is 7.60. The van der Waals surface area contributed by atoms with E-state index in [1.165, 1.54) is 0 Å². The number of carbonyl (C=O) groups excluding carboxylic acids is 1. The lowest BCUT2D eigenvalue weighted by Crippen LogP contribution is -2.43. The maximum atomic E-state index is 12.5. The second kappa shape index (κ2) is 5.50. The maximum absolute atomic E-state index is 12.5. The molecule has 0 aliphatic carbocycles. The van der Waals surface area contributed by atoms with Crippen molar-refractivity contribution < 1.29 is 22.4 Å². The Morgan fingerprint density at radius 3 is 2.47 bits per heavy atom. The minimum Gasteiger partial charge on any atom is -0.347 e. The van der Waals surface area contributed by atoms with Crippen molar-refractivity contribution in [1.29, 1.82) is 0 Å². The molecule has 0 bridgehead atoms. The van der Waals surface area contributed by atoms with E-state index in [1.807, 2.05) is 0 Å². The van der Waals surface area contributed by atoms with Gasteiger partial charge in [-0.1, -0.05) is 0 Å². The molecule has 1 amide bonds. The molecule has 1 aliphatic rings. The highest BCUT2D eigenvalue weighted by molar-refractivity contribution is 5.85. The van der Waals surface area contributed by atoms with Crippen LogP contribution < -0.4 is 10.6 Å². The monoisotopic (exact) mass is 250 g/mol. The topological polar surface area (TPSA) is 41.1 Å². The van der Waals surface area contributed by atoms with E-state index in [4.69, 9.17) is 0 Å². The lowest BCUT2D eigenvalue weighted by molar-refractivity contribution is -0.173. The molecule has 3 nitrogen and oxygen atoms in total. The summed E-state index contributed by atoms with van der Waals surface area (Å²) in [5, 5.41) is 4.35. The van der Waals surface area contributed by atoms with E-state index in [1.54, 1.807) is 5.32 Å². The molecule has 15 heavy (non-hydrogen) atoms. The molecular formula is C7H11ClF4N2O. The summed E-state index contributed by atoms with van der Waals surface area (Å²) in [6, 6.07) is -0.406. The summed E-state index contributed by atoms with van der Waals surface area (Å²) < 4.78 is 47.6. The molecule has 8 heteroatoms. The third-order valence-corrected chi connectivity index (χ3v) is 1.93. The van der Waals surface area contributed by atoms with Gasteiger partial charge in [-0.2, -0.15) is 13.2 Å². The predicted molar refractivity (Wildman–Crippen MR) is 47.6 cm³/mol. The number of nitrogens with one attached hydrogen (secondary N) is 2. The lowest BCUT2D eigenvalue weighted by atomic mass is 10.2. The van der Waals surface area contributed by atoms with Gasteiger partial charge in [0.2, 0.25) is 0 Å². The molecule has 0 saturated carbocycles. The van der Waals surface area contributed by atoms with Crippen LogP contribution in [-0.2, 0) is 4.79 Å². The van der Waals surface area contributed by atoms with Crippen LogP contribution in [0.15, 0.2) is 0 Å². The molecule has 1 fully saturated rings. The van der Waals surface area contributed by atoms with Gasteiger partial charge in [0, 0.05) is 19.1 Å². The van der Waals surface area contributed by atoms with E-state index in [2.05, 4.69) is 5.32 Å². The van der Waals surface area contributed by atoms with Gasteiger partial charge in [-0.25, -0.2) is 4.39 Å². The van der Waals surface area contributed by atoms with E-state index in [-0.39, 0.29) is 31.9 Å². The lowest BCUT2D eigenvalue weighted by Gasteiger charge is -2.12. The van der Waals surface area contributed by atoms with E-state index in [9.17, 15) is 22.4 Å². The van der Waals surface area contributed by atoms with E-state index >= 15 is 0 Å². The fourth-order valence-corrected chi connectivity index (χ4v) is 1.24. The molecule has 1 rings (SSSR count). The molecule has 0 aromatic carbocycles. The Labute approximate surface area is 90.0 Å². The first-order valence-electron chi connectivity index (χ1n) is 4.12. The number of rotatable bonds is 2. The van der Waals surface area contributed by atoms with Crippen molar-refractivity contribution >= 4 is 18.3 Å². The smallest absolute Gasteiger partial charge is 0.347 e. The van der Waals surface area contributed by atoms with Gasteiger partial charge in [-0.15, -0.1) is 12.4 Å². The SMILES string of the molecule is Cl.O=C(NC[C@@H]1C[C@H](F)CN1)C(F)(F)F. The van der Waals surface area contributed by atoms with Gasteiger partial charge < -0.3 is 10.6 Å². The summed E-state index contributed by atoms with van der Waals surface area (Å²) in [6.45, 7) is -0.0642. The zero-order chi connectivity index (χ0) is 10.8.